The van der Waals surface area contributed by atoms with Crippen molar-refractivity contribution < 1.29 is 9.50 Å². The molecule has 3 rings (SSSR count). The van der Waals surface area contributed by atoms with Crippen molar-refractivity contribution in [3.05, 3.63) is 70.9 Å². The van der Waals surface area contributed by atoms with Crippen molar-refractivity contribution in [2.45, 2.75) is 12.0 Å². The third-order valence-electron chi connectivity index (χ3n) is 3.76. The molecular formula is C17H16FNOS. The highest BCUT2D eigenvalue weighted by atomic mass is 32.1. The van der Waals surface area contributed by atoms with Crippen molar-refractivity contribution in [3.63, 3.8) is 0 Å². The molecule has 1 aromatic heterocycles. The van der Waals surface area contributed by atoms with Gasteiger partial charge in [0.15, 0.2) is 0 Å². The lowest BCUT2D eigenvalue weighted by molar-refractivity contribution is 0.149. The number of halogens is 1. The molecule has 0 radical (unpaired) electrons. The van der Waals surface area contributed by atoms with Gasteiger partial charge in [0.2, 0.25) is 0 Å². The van der Waals surface area contributed by atoms with Gasteiger partial charge in [-0.2, -0.15) is 0 Å². The maximum absolute atomic E-state index is 13.0. The number of aliphatic hydroxyl groups is 1. The van der Waals surface area contributed by atoms with E-state index in [0.29, 0.717) is 6.54 Å². The van der Waals surface area contributed by atoms with Crippen molar-refractivity contribution >= 4 is 21.4 Å². The highest BCUT2D eigenvalue weighted by Gasteiger charge is 2.23. The van der Waals surface area contributed by atoms with Crippen LogP contribution >= 0.6 is 11.3 Å². The summed E-state index contributed by atoms with van der Waals surface area (Å²) >= 11 is 1.61. The Labute approximate surface area is 126 Å². The van der Waals surface area contributed by atoms with E-state index in [-0.39, 0.29) is 11.7 Å². The third-order valence-corrected chi connectivity index (χ3v) is 4.74. The van der Waals surface area contributed by atoms with Crippen molar-refractivity contribution in [1.82, 2.24) is 0 Å². The zero-order chi connectivity index (χ0) is 14.8. The van der Waals surface area contributed by atoms with Crippen LogP contribution in [0, 0.1) is 5.82 Å². The summed E-state index contributed by atoms with van der Waals surface area (Å²) in [5.74, 6) is -0.534. The zero-order valence-electron chi connectivity index (χ0n) is 11.4. The average Bonchev–Trinajstić information content (AvgIpc) is 2.94. The van der Waals surface area contributed by atoms with Crippen molar-refractivity contribution in [2.75, 3.05) is 6.54 Å². The van der Waals surface area contributed by atoms with Gasteiger partial charge in [-0.25, -0.2) is 4.39 Å². The normalized spacial score (nSPS) is 14.2. The summed E-state index contributed by atoms with van der Waals surface area (Å²) in [6.45, 7) is 0.303. The van der Waals surface area contributed by atoms with Crippen molar-refractivity contribution in [3.8, 4) is 0 Å². The molecule has 108 valence electrons. The first-order valence-corrected chi connectivity index (χ1v) is 7.68. The lowest BCUT2D eigenvalue weighted by Gasteiger charge is -2.22. The molecule has 2 atom stereocenters. The van der Waals surface area contributed by atoms with Crippen LogP contribution in [0.1, 0.15) is 23.1 Å². The van der Waals surface area contributed by atoms with Gasteiger partial charge in [0.05, 0.1) is 6.10 Å². The number of aliphatic hydroxyl groups excluding tert-OH is 1. The Morgan fingerprint density at radius 3 is 2.52 bits per heavy atom. The molecule has 2 nitrogen and oxygen atoms in total. The van der Waals surface area contributed by atoms with Crippen LogP contribution in [0.4, 0.5) is 4.39 Å². The van der Waals surface area contributed by atoms with Crippen LogP contribution in [-0.2, 0) is 0 Å². The monoisotopic (exact) mass is 301 g/mol. The molecule has 3 aromatic rings. The van der Waals surface area contributed by atoms with E-state index in [1.807, 2.05) is 29.6 Å². The third kappa shape index (κ3) is 2.70. The van der Waals surface area contributed by atoms with Gasteiger partial charge in [0, 0.05) is 17.2 Å². The smallest absolute Gasteiger partial charge is 0.123 e. The van der Waals surface area contributed by atoms with Gasteiger partial charge in [0.25, 0.3) is 0 Å². The number of hydrogen-bond acceptors (Lipinski definition) is 3. The largest absolute Gasteiger partial charge is 0.388 e. The van der Waals surface area contributed by atoms with Crippen molar-refractivity contribution in [2.24, 2.45) is 5.73 Å². The van der Waals surface area contributed by atoms with E-state index in [0.717, 1.165) is 21.2 Å². The minimum atomic E-state index is -0.698. The first-order valence-electron chi connectivity index (χ1n) is 6.80. The van der Waals surface area contributed by atoms with Crippen LogP contribution in [0.15, 0.2) is 53.9 Å². The Morgan fingerprint density at radius 2 is 1.81 bits per heavy atom. The van der Waals surface area contributed by atoms with E-state index in [2.05, 4.69) is 0 Å². The van der Waals surface area contributed by atoms with E-state index in [1.165, 1.54) is 12.1 Å². The molecule has 0 saturated heterocycles. The van der Waals surface area contributed by atoms with Crippen LogP contribution < -0.4 is 5.73 Å². The molecule has 2 aromatic carbocycles. The molecule has 0 aliphatic heterocycles. The molecule has 0 aliphatic rings. The fourth-order valence-electron chi connectivity index (χ4n) is 2.60. The summed E-state index contributed by atoms with van der Waals surface area (Å²) in [6.07, 6.45) is -0.698. The second kappa shape index (κ2) is 5.93. The van der Waals surface area contributed by atoms with Crippen LogP contribution in [0.3, 0.4) is 0 Å². The number of hydrogen-bond donors (Lipinski definition) is 2. The van der Waals surface area contributed by atoms with E-state index in [4.69, 9.17) is 5.73 Å². The number of fused-ring (bicyclic) bond motifs is 1. The molecule has 1 heterocycles. The Balaban J connectivity index is 1.98. The summed E-state index contributed by atoms with van der Waals surface area (Å²) in [6, 6.07) is 14.1. The van der Waals surface area contributed by atoms with Gasteiger partial charge < -0.3 is 10.8 Å². The molecule has 0 spiro atoms. The quantitative estimate of drug-likeness (QED) is 0.769. The van der Waals surface area contributed by atoms with Gasteiger partial charge >= 0.3 is 0 Å². The Morgan fingerprint density at radius 1 is 1.10 bits per heavy atom. The van der Waals surface area contributed by atoms with E-state index in [9.17, 15) is 9.50 Å². The molecule has 0 saturated carbocycles. The molecule has 3 N–H and O–H groups in total. The number of rotatable bonds is 4. The minimum Gasteiger partial charge on any atom is -0.388 e. The van der Waals surface area contributed by atoms with E-state index < -0.39 is 6.10 Å². The SMILES string of the molecule is NCC(c1ccc(F)cc1)C(O)c1csc2ccccc12. The fraction of sp³-hybridized carbons (Fsp3) is 0.176. The highest BCUT2D eigenvalue weighted by molar-refractivity contribution is 7.17. The van der Waals surface area contributed by atoms with Crippen LogP contribution in [0.25, 0.3) is 10.1 Å². The Kier molecular flexibility index (Phi) is 4.01. The van der Waals surface area contributed by atoms with Gasteiger partial charge in [0.1, 0.15) is 5.82 Å². The molecule has 4 heteroatoms. The predicted octanol–water partition coefficient (Wildman–Crippen LogP) is 3.82. The lowest BCUT2D eigenvalue weighted by atomic mass is 9.89. The maximum atomic E-state index is 13.0. The Bertz CT molecular complexity index is 738. The lowest BCUT2D eigenvalue weighted by Crippen LogP contribution is -2.20. The molecule has 0 bridgehead atoms. The predicted molar refractivity (Wildman–Crippen MR) is 85.0 cm³/mol. The second-order valence-corrected chi connectivity index (χ2v) is 5.94. The van der Waals surface area contributed by atoms with Gasteiger partial charge in [-0.05, 0) is 40.1 Å². The fourth-order valence-corrected chi connectivity index (χ4v) is 3.59. The molecule has 0 amide bonds. The number of thiophene rings is 1. The second-order valence-electron chi connectivity index (χ2n) is 5.03. The average molecular weight is 301 g/mol. The van der Waals surface area contributed by atoms with Crippen LogP contribution in [0.5, 0.6) is 0 Å². The van der Waals surface area contributed by atoms with Gasteiger partial charge in [-0.1, -0.05) is 30.3 Å². The summed E-state index contributed by atoms with van der Waals surface area (Å²) < 4.78 is 14.2. The van der Waals surface area contributed by atoms with Crippen molar-refractivity contribution in [1.29, 1.82) is 0 Å². The maximum Gasteiger partial charge on any atom is 0.123 e. The summed E-state index contributed by atoms with van der Waals surface area (Å²) in [7, 11) is 0. The molecule has 0 aliphatic carbocycles. The van der Waals surface area contributed by atoms with Crippen LogP contribution in [-0.4, -0.2) is 11.7 Å². The number of benzene rings is 2. The topological polar surface area (TPSA) is 46.2 Å². The summed E-state index contributed by atoms with van der Waals surface area (Å²) in [4.78, 5) is 0. The van der Waals surface area contributed by atoms with Gasteiger partial charge in [-0.3, -0.25) is 0 Å². The molecule has 2 unspecified atom stereocenters. The van der Waals surface area contributed by atoms with E-state index in [1.54, 1.807) is 23.5 Å². The molecular weight excluding hydrogens is 285 g/mol. The molecule has 21 heavy (non-hydrogen) atoms. The van der Waals surface area contributed by atoms with Crippen LogP contribution in [0.2, 0.25) is 0 Å². The van der Waals surface area contributed by atoms with E-state index >= 15 is 0 Å². The summed E-state index contributed by atoms with van der Waals surface area (Å²) in [5, 5.41) is 13.7. The minimum absolute atomic E-state index is 0.247. The first kappa shape index (κ1) is 14.2. The number of nitrogens with two attached hydrogens (primary N) is 1. The van der Waals surface area contributed by atoms with Gasteiger partial charge in [-0.15, -0.1) is 11.3 Å². The molecule has 0 fully saturated rings. The highest BCUT2D eigenvalue weighted by Crippen LogP contribution is 2.37. The first-order chi connectivity index (χ1) is 10.2. The summed E-state index contributed by atoms with van der Waals surface area (Å²) in [5.41, 5.74) is 7.58. The standard InChI is InChI=1S/C17H16FNOS/c18-12-7-5-11(6-8-12)14(9-19)17(20)15-10-21-16-4-2-1-3-13(15)16/h1-8,10,14,17,20H,9,19H2. The Hall–Kier alpha value is -1.75. The zero-order valence-corrected chi connectivity index (χ0v) is 12.2.